The number of amides is 1. The van der Waals surface area contributed by atoms with Gasteiger partial charge in [-0.25, -0.2) is 4.39 Å². The summed E-state index contributed by atoms with van der Waals surface area (Å²) in [7, 11) is 0. The van der Waals surface area contributed by atoms with E-state index in [-0.39, 0.29) is 18.1 Å². The molecule has 104 valence electrons. The van der Waals surface area contributed by atoms with E-state index in [4.69, 9.17) is 4.42 Å². The number of benzene rings is 1. The molecule has 5 nitrogen and oxygen atoms in total. The second-order valence-electron chi connectivity index (χ2n) is 4.10. The zero-order chi connectivity index (χ0) is 14.4. The summed E-state index contributed by atoms with van der Waals surface area (Å²) >= 11 is 0. The molecule has 2 rings (SSSR count). The van der Waals surface area contributed by atoms with Crippen LogP contribution in [-0.2, 0) is 11.2 Å². The van der Waals surface area contributed by atoms with Crippen molar-refractivity contribution >= 4 is 5.91 Å². The maximum atomic E-state index is 12.8. The van der Waals surface area contributed by atoms with E-state index in [0.29, 0.717) is 30.3 Å². The van der Waals surface area contributed by atoms with Gasteiger partial charge in [0.2, 0.25) is 17.7 Å². The number of nitrogens with zero attached hydrogens (tertiary/aromatic N) is 2. The highest BCUT2D eigenvalue weighted by Gasteiger charge is 2.10. The van der Waals surface area contributed by atoms with Crippen LogP contribution in [0.25, 0.3) is 11.5 Å². The summed E-state index contributed by atoms with van der Waals surface area (Å²) in [5.41, 5.74) is 0.640. The van der Waals surface area contributed by atoms with Crippen LogP contribution in [0.1, 0.15) is 12.3 Å². The maximum Gasteiger partial charge on any atom is 0.247 e. The lowest BCUT2D eigenvalue weighted by molar-refractivity contribution is -0.120. The van der Waals surface area contributed by atoms with Crippen LogP contribution in [0.4, 0.5) is 4.39 Å². The van der Waals surface area contributed by atoms with Gasteiger partial charge in [-0.3, -0.25) is 4.79 Å². The highest BCUT2D eigenvalue weighted by molar-refractivity contribution is 5.76. The van der Waals surface area contributed by atoms with Gasteiger partial charge >= 0.3 is 0 Å². The molecule has 1 aromatic heterocycles. The molecule has 1 heterocycles. The van der Waals surface area contributed by atoms with Crippen molar-refractivity contribution in [1.29, 1.82) is 0 Å². The number of halogens is 1. The Morgan fingerprint density at radius 2 is 2.10 bits per heavy atom. The number of rotatable bonds is 6. The van der Waals surface area contributed by atoms with Crippen molar-refractivity contribution in [2.75, 3.05) is 6.54 Å². The maximum absolute atomic E-state index is 12.8. The molecule has 6 heteroatoms. The van der Waals surface area contributed by atoms with Gasteiger partial charge in [0.15, 0.2) is 0 Å². The predicted molar refractivity (Wildman–Crippen MR) is 71.2 cm³/mol. The zero-order valence-corrected chi connectivity index (χ0v) is 10.8. The van der Waals surface area contributed by atoms with Crippen LogP contribution in [0, 0.1) is 5.82 Å². The Hall–Kier alpha value is -2.50. The fourth-order valence-corrected chi connectivity index (χ4v) is 1.56. The molecular formula is C14H14FN3O2. The van der Waals surface area contributed by atoms with E-state index in [1.807, 2.05) is 0 Å². The van der Waals surface area contributed by atoms with Crippen molar-refractivity contribution in [1.82, 2.24) is 15.5 Å². The highest BCUT2D eigenvalue weighted by Crippen LogP contribution is 2.18. The van der Waals surface area contributed by atoms with Crippen LogP contribution in [0.3, 0.4) is 0 Å². The molecule has 0 aliphatic rings. The van der Waals surface area contributed by atoms with Gasteiger partial charge in [0, 0.05) is 24.9 Å². The lowest BCUT2D eigenvalue weighted by atomic mass is 10.2. The minimum atomic E-state index is -0.327. The van der Waals surface area contributed by atoms with Crippen molar-refractivity contribution in [2.24, 2.45) is 0 Å². The normalized spacial score (nSPS) is 10.2. The predicted octanol–water partition coefficient (Wildman–Crippen LogP) is 2.11. The minimum Gasteiger partial charge on any atom is -0.421 e. The Labute approximate surface area is 115 Å². The molecule has 0 fully saturated rings. The van der Waals surface area contributed by atoms with Crippen molar-refractivity contribution < 1.29 is 13.6 Å². The number of hydrogen-bond acceptors (Lipinski definition) is 4. The number of aromatic nitrogens is 2. The van der Waals surface area contributed by atoms with Gasteiger partial charge in [-0.05, 0) is 24.3 Å². The lowest BCUT2D eigenvalue weighted by Gasteiger charge is -1.99. The summed E-state index contributed by atoms with van der Waals surface area (Å²) in [6.07, 6.45) is 2.23. The average molecular weight is 275 g/mol. The van der Waals surface area contributed by atoms with Crippen LogP contribution < -0.4 is 5.32 Å². The Kier molecular flexibility index (Phi) is 4.60. The molecule has 0 unspecified atom stereocenters. The van der Waals surface area contributed by atoms with Crippen molar-refractivity contribution in [3.8, 4) is 11.5 Å². The number of hydrogen-bond donors (Lipinski definition) is 1. The first-order chi connectivity index (χ1) is 9.69. The molecule has 0 saturated heterocycles. The standard InChI is InChI=1S/C14H14FN3O2/c1-2-9-16-12(19)7-8-13-17-18-14(20-13)10-3-5-11(15)6-4-10/h2-6H,1,7-9H2,(H,16,19). The fourth-order valence-electron chi connectivity index (χ4n) is 1.56. The van der Waals surface area contributed by atoms with Crippen molar-refractivity contribution in [2.45, 2.75) is 12.8 Å². The van der Waals surface area contributed by atoms with E-state index in [2.05, 4.69) is 22.1 Å². The lowest BCUT2D eigenvalue weighted by Crippen LogP contribution is -2.23. The summed E-state index contributed by atoms with van der Waals surface area (Å²) in [4.78, 5) is 11.4. The molecule has 0 aliphatic heterocycles. The highest BCUT2D eigenvalue weighted by atomic mass is 19.1. The monoisotopic (exact) mass is 275 g/mol. The topological polar surface area (TPSA) is 68.0 Å². The smallest absolute Gasteiger partial charge is 0.247 e. The molecule has 0 saturated carbocycles. The van der Waals surface area contributed by atoms with Gasteiger partial charge in [0.05, 0.1) is 0 Å². The van der Waals surface area contributed by atoms with Crippen molar-refractivity contribution in [3.05, 3.63) is 48.6 Å². The van der Waals surface area contributed by atoms with E-state index in [9.17, 15) is 9.18 Å². The van der Waals surface area contributed by atoms with Crippen LogP contribution in [0.2, 0.25) is 0 Å². The van der Waals surface area contributed by atoms with Gasteiger partial charge in [-0.1, -0.05) is 6.08 Å². The number of carbonyl (C=O) groups is 1. The molecule has 20 heavy (non-hydrogen) atoms. The van der Waals surface area contributed by atoms with E-state index in [0.717, 1.165) is 0 Å². The molecule has 0 aliphatic carbocycles. The van der Waals surface area contributed by atoms with Gasteiger partial charge in [-0.15, -0.1) is 16.8 Å². The Balaban J connectivity index is 1.94. The zero-order valence-electron chi connectivity index (χ0n) is 10.8. The molecule has 1 aromatic carbocycles. The second-order valence-corrected chi connectivity index (χ2v) is 4.10. The van der Waals surface area contributed by atoms with E-state index >= 15 is 0 Å². The molecule has 1 amide bonds. The summed E-state index contributed by atoms with van der Waals surface area (Å²) in [6.45, 7) is 3.95. The average Bonchev–Trinajstić information content (AvgIpc) is 2.92. The number of carbonyl (C=O) groups excluding carboxylic acids is 1. The van der Waals surface area contributed by atoms with E-state index in [1.165, 1.54) is 12.1 Å². The summed E-state index contributed by atoms with van der Waals surface area (Å²) in [6, 6.07) is 5.76. The van der Waals surface area contributed by atoms with Crippen LogP contribution >= 0.6 is 0 Å². The molecule has 0 spiro atoms. The third-order valence-corrected chi connectivity index (χ3v) is 2.57. The minimum absolute atomic E-state index is 0.105. The first-order valence-corrected chi connectivity index (χ1v) is 6.15. The number of aryl methyl sites for hydroxylation is 1. The third kappa shape index (κ3) is 3.74. The number of nitrogens with one attached hydrogen (secondary N) is 1. The SMILES string of the molecule is C=CCNC(=O)CCc1nnc(-c2ccc(F)cc2)o1. The molecule has 2 aromatic rings. The van der Waals surface area contributed by atoms with Crippen LogP contribution in [0.15, 0.2) is 41.3 Å². The van der Waals surface area contributed by atoms with Gasteiger partial charge in [0.1, 0.15) is 5.82 Å². The quantitative estimate of drug-likeness (QED) is 0.820. The van der Waals surface area contributed by atoms with Gasteiger partial charge in [0.25, 0.3) is 0 Å². The first-order valence-electron chi connectivity index (χ1n) is 6.15. The molecule has 0 atom stereocenters. The Bertz CT molecular complexity index is 593. The van der Waals surface area contributed by atoms with Crippen molar-refractivity contribution in [3.63, 3.8) is 0 Å². The van der Waals surface area contributed by atoms with Gasteiger partial charge < -0.3 is 9.73 Å². The summed E-state index contributed by atoms with van der Waals surface area (Å²) in [5.74, 6) is 0.253. The van der Waals surface area contributed by atoms with E-state index in [1.54, 1.807) is 18.2 Å². The molecule has 0 radical (unpaired) electrons. The fraction of sp³-hybridized carbons (Fsp3) is 0.214. The molecular weight excluding hydrogens is 261 g/mol. The Morgan fingerprint density at radius 3 is 2.80 bits per heavy atom. The van der Waals surface area contributed by atoms with Crippen LogP contribution in [-0.4, -0.2) is 22.6 Å². The second kappa shape index (κ2) is 6.60. The van der Waals surface area contributed by atoms with E-state index < -0.39 is 0 Å². The largest absolute Gasteiger partial charge is 0.421 e. The first kappa shape index (κ1) is 13.9. The Morgan fingerprint density at radius 1 is 1.35 bits per heavy atom. The molecule has 1 N–H and O–H groups in total. The molecule has 0 bridgehead atoms. The third-order valence-electron chi connectivity index (χ3n) is 2.57. The summed E-state index contributed by atoms with van der Waals surface area (Å²) in [5, 5.41) is 10.4. The summed E-state index contributed by atoms with van der Waals surface area (Å²) < 4.78 is 18.2. The van der Waals surface area contributed by atoms with Crippen LogP contribution in [0.5, 0.6) is 0 Å². The van der Waals surface area contributed by atoms with Gasteiger partial charge in [-0.2, -0.15) is 0 Å².